The number of carbonyl (C=O) groups is 1. The summed E-state index contributed by atoms with van der Waals surface area (Å²) in [5, 5.41) is 2.51. The monoisotopic (exact) mass is 439 g/mol. The minimum Gasteiger partial charge on any atom is -0.322 e. The Kier molecular flexibility index (Phi) is 5.38. The molecule has 136 valence electrons. The van der Waals surface area contributed by atoms with Gasteiger partial charge in [0.1, 0.15) is 11.7 Å². The highest BCUT2D eigenvalue weighted by Gasteiger charge is 2.19. The zero-order valence-electron chi connectivity index (χ0n) is 13.5. The first-order chi connectivity index (χ1) is 12.3. The second-order valence-corrected chi connectivity index (χ2v) is 8.24. The van der Waals surface area contributed by atoms with Gasteiger partial charge in [-0.2, -0.15) is 0 Å². The minimum atomic E-state index is -3.79. The molecule has 0 unspecified atom stereocenters. The van der Waals surface area contributed by atoms with Gasteiger partial charge < -0.3 is 5.32 Å². The molecule has 0 aliphatic carbocycles. The zero-order valence-corrected chi connectivity index (χ0v) is 15.9. The van der Waals surface area contributed by atoms with Crippen molar-refractivity contribution in [1.29, 1.82) is 0 Å². The summed E-state index contributed by atoms with van der Waals surface area (Å²) in [6, 6.07) is 9.82. The van der Waals surface area contributed by atoms with Crippen LogP contribution in [0.25, 0.3) is 0 Å². The van der Waals surface area contributed by atoms with E-state index >= 15 is 0 Å². The van der Waals surface area contributed by atoms with Crippen molar-refractivity contribution in [2.24, 2.45) is 4.99 Å². The van der Waals surface area contributed by atoms with Crippen molar-refractivity contribution >= 4 is 43.4 Å². The lowest BCUT2D eigenvalue weighted by Gasteiger charge is -2.10. The molecule has 1 aliphatic heterocycles. The molecular formula is C17H15BrFN3O3S. The number of nitrogens with zero attached hydrogens (tertiary/aromatic N) is 1. The molecule has 0 bridgehead atoms. The van der Waals surface area contributed by atoms with E-state index < -0.39 is 21.7 Å². The van der Waals surface area contributed by atoms with Crippen molar-refractivity contribution in [2.45, 2.75) is 17.7 Å². The molecule has 2 aromatic rings. The lowest BCUT2D eigenvalue weighted by molar-refractivity contribution is 0.102. The highest BCUT2D eigenvalue weighted by atomic mass is 79.9. The van der Waals surface area contributed by atoms with E-state index in [1.807, 2.05) is 0 Å². The summed E-state index contributed by atoms with van der Waals surface area (Å²) in [5.74, 6) is -0.921. The quantitative estimate of drug-likeness (QED) is 0.765. The lowest BCUT2D eigenvalue weighted by atomic mass is 10.2. The van der Waals surface area contributed by atoms with Crippen molar-refractivity contribution in [3.63, 3.8) is 0 Å². The van der Waals surface area contributed by atoms with Gasteiger partial charge in [0.2, 0.25) is 0 Å². The smallest absolute Gasteiger partial charge is 0.262 e. The number of rotatable bonds is 4. The molecule has 1 amide bonds. The van der Waals surface area contributed by atoms with Crippen LogP contribution in [0, 0.1) is 5.82 Å². The number of amidine groups is 1. The van der Waals surface area contributed by atoms with E-state index in [-0.39, 0.29) is 16.1 Å². The van der Waals surface area contributed by atoms with E-state index in [9.17, 15) is 17.6 Å². The molecule has 3 rings (SSSR count). The van der Waals surface area contributed by atoms with E-state index in [0.717, 1.165) is 6.42 Å². The van der Waals surface area contributed by atoms with Crippen molar-refractivity contribution in [1.82, 2.24) is 4.72 Å². The normalized spacial score (nSPS) is 14.0. The van der Waals surface area contributed by atoms with Gasteiger partial charge in [-0.25, -0.2) is 12.8 Å². The molecule has 26 heavy (non-hydrogen) atoms. The number of amides is 1. The van der Waals surface area contributed by atoms with E-state index in [2.05, 4.69) is 31.0 Å². The molecule has 0 aromatic heterocycles. The highest BCUT2D eigenvalue weighted by molar-refractivity contribution is 9.10. The summed E-state index contributed by atoms with van der Waals surface area (Å²) in [7, 11) is -3.79. The standard InChI is InChI=1S/C17H15BrFN3O3S/c18-11-6-7-14(15(19)9-11)17(23)21-12-3-1-4-13(10-12)26(24,25)22-16-5-2-8-20-16/h1,3-4,6-7,9-10H,2,5,8H2,(H,20,22)(H,21,23). The SMILES string of the molecule is O=C(Nc1cccc(S(=O)(=O)NC2=NCCC2)c1)c1ccc(Br)cc1F. The van der Waals surface area contributed by atoms with E-state index in [1.165, 1.54) is 36.4 Å². The molecule has 0 radical (unpaired) electrons. The van der Waals surface area contributed by atoms with Crippen LogP contribution in [0.2, 0.25) is 0 Å². The molecule has 1 heterocycles. The fraction of sp³-hybridized carbons (Fsp3) is 0.176. The maximum Gasteiger partial charge on any atom is 0.262 e. The Bertz CT molecular complexity index is 992. The summed E-state index contributed by atoms with van der Waals surface area (Å²) >= 11 is 3.12. The van der Waals surface area contributed by atoms with Crippen LogP contribution in [0.5, 0.6) is 0 Å². The molecule has 0 spiro atoms. The third kappa shape index (κ3) is 4.28. The third-order valence-electron chi connectivity index (χ3n) is 3.70. The van der Waals surface area contributed by atoms with E-state index in [0.29, 0.717) is 23.3 Å². The van der Waals surface area contributed by atoms with Crippen LogP contribution in [0.4, 0.5) is 10.1 Å². The van der Waals surface area contributed by atoms with E-state index in [4.69, 9.17) is 0 Å². The van der Waals surface area contributed by atoms with E-state index in [1.54, 1.807) is 6.07 Å². The van der Waals surface area contributed by atoms with Crippen LogP contribution in [-0.4, -0.2) is 26.7 Å². The summed E-state index contributed by atoms with van der Waals surface area (Å²) in [6.45, 7) is 0.604. The van der Waals surface area contributed by atoms with Crippen molar-refractivity contribution in [3.8, 4) is 0 Å². The van der Waals surface area contributed by atoms with Crippen LogP contribution < -0.4 is 10.0 Å². The zero-order chi connectivity index (χ0) is 18.7. The van der Waals surface area contributed by atoms with Gasteiger partial charge in [0, 0.05) is 23.1 Å². The molecule has 2 aromatic carbocycles. The largest absolute Gasteiger partial charge is 0.322 e. The van der Waals surface area contributed by atoms with Gasteiger partial charge >= 0.3 is 0 Å². The third-order valence-corrected chi connectivity index (χ3v) is 5.58. The van der Waals surface area contributed by atoms with Gasteiger partial charge in [0.25, 0.3) is 15.9 Å². The lowest BCUT2D eigenvalue weighted by Crippen LogP contribution is -2.29. The number of carbonyl (C=O) groups excluding carboxylic acids is 1. The topological polar surface area (TPSA) is 87.6 Å². The minimum absolute atomic E-state index is 0.0128. The first kappa shape index (κ1) is 18.5. The van der Waals surface area contributed by atoms with Gasteiger partial charge in [-0.3, -0.25) is 14.5 Å². The van der Waals surface area contributed by atoms with Crippen LogP contribution >= 0.6 is 15.9 Å². The summed E-state index contributed by atoms with van der Waals surface area (Å²) in [4.78, 5) is 16.3. The molecule has 0 atom stereocenters. The molecule has 1 aliphatic rings. The fourth-order valence-electron chi connectivity index (χ4n) is 2.45. The Labute approximate surface area is 158 Å². The number of aliphatic imine (C=N–C) groups is 1. The molecule has 6 nitrogen and oxygen atoms in total. The van der Waals surface area contributed by atoms with Crippen molar-refractivity contribution < 1.29 is 17.6 Å². The summed E-state index contributed by atoms with van der Waals surface area (Å²) in [6.07, 6.45) is 1.39. The molecule has 0 saturated carbocycles. The predicted molar refractivity (Wildman–Crippen MR) is 100 cm³/mol. The maximum absolute atomic E-state index is 13.9. The Hall–Kier alpha value is -2.26. The molecule has 0 fully saturated rings. The first-order valence-corrected chi connectivity index (χ1v) is 10.1. The van der Waals surface area contributed by atoms with Crippen molar-refractivity contribution in [2.75, 3.05) is 11.9 Å². The average molecular weight is 440 g/mol. The number of hydrogen-bond donors (Lipinski definition) is 2. The first-order valence-electron chi connectivity index (χ1n) is 7.78. The number of anilines is 1. The van der Waals surface area contributed by atoms with Crippen LogP contribution in [0.3, 0.4) is 0 Å². The number of halogens is 2. The number of nitrogens with one attached hydrogen (secondary N) is 2. The van der Waals surface area contributed by atoms with Gasteiger partial charge in [-0.05, 0) is 42.8 Å². The number of hydrogen-bond acceptors (Lipinski definition) is 4. The maximum atomic E-state index is 13.9. The Morgan fingerprint density at radius 2 is 2.00 bits per heavy atom. The molecule has 0 saturated heterocycles. The van der Waals surface area contributed by atoms with Gasteiger partial charge in [-0.1, -0.05) is 22.0 Å². The summed E-state index contributed by atoms with van der Waals surface area (Å²) < 4.78 is 41.7. The number of sulfonamides is 1. The fourth-order valence-corrected chi connectivity index (χ4v) is 3.92. The number of benzene rings is 2. The van der Waals surface area contributed by atoms with Crippen LogP contribution in [0.15, 0.2) is 56.8 Å². The predicted octanol–water partition coefficient (Wildman–Crippen LogP) is 3.31. The Balaban J connectivity index is 1.79. The summed E-state index contributed by atoms with van der Waals surface area (Å²) in [5.41, 5.74) is 0.105. The van der Waals surface area contributed by atoms with Gasteiger partial charge in [-0.15, -0.1) is 0 Å². The Morgan fingerprint density at radius 3 is 2.69 bits per heavy atom. The highest BCUT2D eigenvalue weighted by Crippen LogP contribution is 2.19. The average Bonchev–Trinajstić information content (AvgIpc) is 3.07. The van der Waals surface area contributed by atoms with Crippen molar-refractivity contribution in [3.05, 3.63) is 58.3 Å². The second kappa shape index (κ2) is 7.55. The van der Waals surface area contributed by atoms with Crippen LogP contribution in [-0.2, 0) is 10.0 Å². The second-order valence-electron chi connectivity index (χ2n) is 5.64. The van der Waals surface area contributed by atoms with Gasteiger partial charge in [0.05, 0.1) is 10.5 Å². The Morgan fingerprint density at radius 1 is 1.19 bits per heavy atom. The molecular weight excluding hydrogens is 425 g/mol. The molecule has 2 N–H and O–H groups in total. The van der Waals surface area contributed by atoms with Gasteiger partial charge in [0.15, 0.2) is 0 Å². The molecule has 9 heteroatoms. The van der Waals surface area contributed by atoms with Crippen LogP contribution in [0.1, 0.15) is 23.2 Å².